The number of hydrogen-bond donors (Lipinski definition) is 0. The van der Waals surface area contributed by atoms with E-state index >= 15 is 0 Å². The number of hydrogen-bond acceptors (Lipinski definition) is 9. The van der Waals surface area contributed by atoms with E-state index in [2.05, 4.69) is 4.74 Å². The summed E-state index contributed by atoms with van der Waals surface area (Å²) in [6.07, 6.45) is 0. The molecule has 0 radical (unpaired) electrons. The van der Waals surface area contributed by atoms with Crippen LogP contribution in [0.5, 0.6) is 5.75 Å². The van der Waals surface area contributed by atoms with E-state index in [0.717, 1.165) is 12.1 Å². The smallest absolute Gasteiger partial charge is 0.367 e. The predicted octanol–water partition coefficient (Wildman–Crippen LogP) is 3.37. The molecule has 15 heteroatoms. The normalized spacial score (nSPS) is 11.6. The Bertz CT molecular complexity index is 1170. The van der Waals surface area contributed by atoms with E-state index in [4.69, 9.17) is 16.3 Å². The van der Waals surface area contributed by atoms with Crippen molar-refractivity contribution in [3.05, 3.63) is 66.2 Å². The maximum atomic E-state index is 13.2. The zero-order valence-electron chi connectivity index (χ0n) is 14.7. The first-order chi connectivity index (χ1) is 14.2. The molecule has 0 saturated heterocycles. The van der Waals surface area contributed by atoms with Crippen LogP contribution in [0.15, 0.2) is 36.4 Å². The van der Waals surface area contributed by atoms with Gasteiger partial charge in [0.05, 0.1) is 15.5 Å². The summed E-state index contributed by atoms with van der Waals surface area (Å²) in [6.45, 7) is -2.17. The Kier molecular flexibility index (Phi) is 7.51. The van der Waals surface area contributed by atoms with Crippen molar-refractivity contribution in [3.63, 3.8) is 0 Å². The highest BCUT2D eigenvalue weighted by molar-refractivity contribution is 14.1. The van der Waals surface area contributed by atoms with Crippen LogP contribution in [0.25, 0.3) is 0 Å². The van der Waals surface area contributed by atoms with Gasteiger partial charge in [-0.1, -0.05) is 11.6 Å². The van der Waals surface area contributed by atoms with E-state index < -0.39 is 55.8 Å². The van der Waals surface area contributed by atoms with E-state index in [0.29, 0.717) is 9.64 Å². The lowest BCUT2D eigenvalue weighted by atomic mass is 10.1. The van der Waals surface area contributed by atoms with Crippen molar-refractivity contribution in [2.24, 2.45) is 0 Å². The van der Waals surface area contributed by atoms with Gasteiger partial charge in [-0.2, -0.15) is 8.78 Å². The van der Waals surface area contributed by atoms with Gasteiger partial charge in [-0.05, 0) is 46.9 Å². The Hall–Kier alpha value is -2.43. The van der Waals surface area contributed by atoms with Gasteiger partial charge in [-0.15, -0.1) is 0 Å². The molecule has 0 amide bonds. The lowest BCUT2D eigenvalue weighted by Gasteiger charge is -2.19. The number of alkyl halides is 2. The lowest BCUT2D eigenvalue weighted by molar-refractivity contribution is -0.385. The third-order valence-electron chi connectivity index (χ3n) is 3.48. The van der Waals surface area contributed by atoms with Gasteiger partial charge < -0.3 is 14.0 Å². The number of ether oxygens (including phenoxy) is 2. The fraction of sp³-hybridized carbons (Fsp3) is 0.125. The minimum absolute atomic E-state index is 0.0352. The Morgan fingerprint density at radius 2 is 1.77 bits per heavy atom. The molecule has 0 N–H and O–H groups in total. The molecule has 2 aromatic rings. The molecule has 0 spiro atoms. The number of carbonyl (C=O) groups excluding carboxylic acids is 2. The molecular formula is C16H8ClF2INO9S-. The number of nitro benzene ring substituents is 1. The van der Waals surface area contributed by atoms with Gasteiger partial charge in [0, 0.05) is 15.7 Å². The largest absolute Gasteiger partial charge is 0.743 e. The van der Waals surface area contributed by atoms with Crippen LogP contribution in [0.3, 0.4) is 0 Å². The Morgan fingerprint density at radius 1 is 1.13 bits per heavy atom. The first-order valence-corrected chi connectivity index (χ1v) is 10.6. The van der Waals surface area contributed by atoms with Crippen LogP contribution in [0, 0.1) is 13.7 Å². The van der Waals surface area contributed by atoms with Gasteiger partial charge in [-0.25, -0.2) is 18.0 Å². The fourth-order valence-corrected chi connectivity index (χ4v) is 2.91. The molecule has 0 heterocycles. The van der Waals surface area contributed by atoms with Crippen molar-refractivity contribution in [1.29, 1.82) is 0 Å². The molecule has 0 aliphatic heterocycles. The van der Waals surface area contributed by atoms with Gasteiger partial charge >= 0.3 is 17.2 Å². The van der Waals surface area contributed by atoms with Crippen molar-refractivity contribution < 1.29 is 45.7 Å². The number of benzene rings is 2. The molecule has 0 fully saturated rings. The average Bonchev–Trinajstić information content (AvgIpc) is 2.66. The molecule has 0 unspecified atom stereocenters. The number of halogens is 4. The van der Waals surface area contributed by atoms with E-state index in [9.17, 15) is 41.5 Å². The zero-order valence-corrected chi connectivity index (χ0v) is 18.4. The van der Waals surface area contributed by atoms with Gasteiger partial charge in [0.2, 0.25) is 0 Å². The minimum atomic E-state index is -6.15. The van der Waals surface area contributed by atoms with Crippen molar-refractivity contribution in [3.8, 4) is 5.75 Å². The van der Waals surface area contributed by atoms with Gasteiger partial charge in [0.15, 0.2) is 16.7 Å². The van der Waals surface area contributed by atoms with Crippen LogP contribution < -0.4 is 4.74 Å². The fourth-order valence-electron chi connectivity index (χ4n) is 2.02. The van der Waals surface area contributed by atoms with Crippen molar-refractivity contribution in [1.82, 2.24) is 0 Å². The minimum Gasteiger partial charge on any atom is -0.743 e. The standard InChI is InChI=1S/C16H9ClF2INO9S/c17-12-3-1-8(20)5-10(12)15(23)30-9-2-4-13(21(24)25)11(6-9)14(22)29-7-16(18,19)31(26,27)28/h1-6H,7H2,(H,26,27,28)/p-1. The molecule has 166 valence electrons. The molecule has 0 atom stereocenters. The monoisotopic (exact) mass is 590 g/mol. The number of esters is 2. The second kappa shape index (κ2) is 9.37. The topological polar surface area (TPSA) is 153 Å². The van der Waals surface area contributed by atoms with Gasteiger partial charge in [0.25, 0.3) is 5.69 Å². The maximum absolute atomic E-state index is 13.2. The molecule has 0 aromatic heterocycles. The molecular weight excluding hydrogens is 583 g/mol. The van der Waals surface area contributed by atoms with Crippen molar-refractivity contribution in [2.45, 2.75) is 5.25 Å². The number of carbonyl (C=O) groups is 2. The van der Waals surface area contributed by atoms with E-state index in [-0.39, 0.29) is 10.6 Å². The summed E-state index contributed by atoms with van der Waals surface area (Å²) in [5, 5.41) is 6.18. The predicted molar refractivity (Wildman–Crippen MR) is 107 cm³/mol. The van der Waals surface area contributed by atoms with E-state index in [1.165, 1.54) is 12.1 Å². The summed E-state index contributed by atoms with van der Waals surface area (Å²) in [4.78, 5) is 34.4. The van der Waals surface area contributed by atoms with Gasteiger partial charge in [-0.3, -0.25) is 10.1 Å². The molecule has 0 saturated carbocycles. The van der Waals surface area contributed by atoms with Crippen LogP contribution in [0.4, 0.5) is 14.5 Å². The highest BCUT2D eigenvalue weighted by atomic mass is 127. The van der Waals surface area contributed by atoms with Crippen LogP contribution in [-0.2, 0) is 14.9 Å². The molecule has 31 heavy (non-hydrogen) atoms. The first kappa shape index (κ1) is 24.8. The molecule has 0 bridgehead atoms. The summed E-state index contributed by atoms with van der Waals surface area (Å²) >= 11 is 7.82. The van der Waals surface area contributed by atoms with Crippen LogP contribution in [-0.4, -0.2) is 41.7 Å². The highest BCUT2D eigenvalue weighted by Gasteiger charge is 2.40. The Balaban J connectivity index is 2.32. The molecule has 10 nitrogen and oxygen atoms in total. The Morgan fingerprint density at radius 3 is 2.35 bits per heavy atom. The second-order valence-corrected chi connectivity index (χ2v) is 8.78. The first-order valence-electron chi connectivity index (χ1n) is 7.69. The molecule has 2 rings (SSSR count). The number of nitro groups is 1. The maximum Gasteiger partial charge on any atom is 0.367 e. The quantitative estimate of drug-likeness (QED) is 0.118. The van der Waals surface area contributed by atoms with Crippen molar-refractivity contribution in [2.75, 3.05) is 6.61 Å². The lowest BCUT2D eigenvalue weighted by Crippen LogP contribution is -2.34. The van der Waals surface area contributed by atoms with Crippen LogP contribution >= 0.6 is 34.2 Å². The highest BCUT2D eigenvalue weighted by Crippen LogP contribution is 2.28. The number of rotatable bonds is 7. The molecule has 0 aliphatic rings. The summed E-state index contributed by atoms with van der Waals surface area (Å²) in [5.74, 6) is -3.14. The SMILES string of the molecule is O=C(Oc1ccc([N+](=O)[O-])c(C(=O)OCC(F)(F)S(=O)(=O)[O-])c1)c1cc(I)ccc1Cl. The van der Waals surface area contributed by atoms with Gasteiger partial charge in [0.1, 0.15) is 11.3 Å². The van der Waals surface area contributed by atoms with Crippen LogP contribution in [0.1, 0.15) is 20.7 Å². The van der Waals surface area contributed by atoms with E-state index in [1.54, 1.807) is 6.07 Å². The summed E-state index contributed by atoms with van der Waals surface area (Å²) < 4.78 is 67.5. The molecule has 2 aromatic carbocycles. The zero-order chi connectivity index (χ0) is 23.6. The summed E-state index contributed by atoms with van der Waals surface area (Å²) in [5.41, 5.74) is -1.90. The number of nitrogens with zero attached hydrogens (tertiary/aromatic N) is 1. The van der Waals surface area contributed by atoms with Crippen molar-refractivity contribution >= 4 is 61.9 Å². The third kappa shape index (κ3) is 6.05. The summed E-state index contributed by atoms with van der Waals surface area (Å²) in [6, 6.07) is 6.75. The average molecular weight is 591 g/mol. The molecule has 0 aliphatic carbocycles. The Labute approximate surface area is 191 Å². The van der Waals surface area contributed by atoms with E-state index in [1.807, 2.05) is 22.6 Å². The second-order valence-electron chi connectivity index (χ2n) is 5.62. The third-order valence-corrected chi connectivity index (χ3v) is 5.33. The summed E-state index contributed by atoms with van der Waals surface area (Å²) in [7, 11) is -6.15. The van der Waals surface area contributed by atoms with Crippen LogP contribution in [0.2, 0.25) is 5.02 Å².